The molecule has 0 aliphatic rings. The fraction of sp³-hybridized carbons (Fsp3) is 0.533. The maximum absolute atomic E-state index is 11.7. The zero-order valence-electron chi connectivity index (χ0n) is 12.0. The van der Waals surface area contributed by atoms with Gasteiger partial charge in [0.15, 0.2) is 0 Å². The summed E-state index contributed by atoms with van der Waals surface area (Å²) in [4.78, 5) is 11.7. The van der Waals surface area contributed by atoms with Crippen LogP contribution in [-0.4, -0.2) is 11.6 Å². The van der Waals surface area contributed by atoms with Crippen LogP contribution in [0.3, 0.4) is 0 Å². The molecule has 0 aliphatic carbocycles. The Kier molecular flexibility index (Phi) is 4.76. The number of rotatable bonds is 3. The molecule has 0 fully saturated rings. The van der Waals surface area contributed by atoms with E-state index in [1.165, 1.54) is 5.56 Å². The summed E-state index contributed by atoms with van der Waals surface area (Å²) < 4.78 is 0. The Morgan fingerprint density at radius 1 is 1.22 bits per heavy atom. The fourth-order valence-corrected chi connectivity index (χ4v) is 1.63. The van der Waals surface area contributed by atoms with E-state index in [1.54, 1.807) is 0 Å². The summed E-state index contributed by atoms with van der Waals surface area (Å²) in [7, 11) is 0. The van der Waals surface area contributed by atoms with Gasteiger partial charge in [-0.3, -0.25) is 0 Å². The first-order valence-corrected chi connectivity index (χ1v) is 6.51. The van der Waals surface area contributed by atoms with Crippen molar-refractivity contribution in [1.29, 1.82) is 0 Å². The number of nitrogens with one attached hydrogen (secondary N) is 2. The van der Waals surface area contributed by atoms with Gasteiger partial charge in [0, 0.05) is 11.2 Å². The van der Waals surface area contributed by atoms with Crippen molar-refractivity contribution in [2.75, 3.05) is 5.32 Å². The molecule has 0 spiro atoms. The van der Waals surface area contributed by atoms with Crippen LogP contribution in [0, 0.1) is 0 Å². The van der Waals surface area contributed by atoms with Crippen LogP contribution in [0.2, 0.25) is 0 Å². The summed E-state index contributed by atoms with van der Waals surface area (Å²) in [5, 5.41) is 5.70. The van der Waals surface area contributed by atoms with Gasteiger partial charge in [-0.1, -0.05) is 26.0 Å². The summed E-state index contributed by atoms with van der Waals surface area (Å²) in [6.45, 7) is 10.2. The zero-order chi connectivity index (χ0) is 13.8. The first-order chi connectivity index (χ1) is 8.31. The highest BCUT2D eigenvalue weighted by Crippen LogP contribution is 2.20. The number of hydrogen-bond acceptors (Lipinski definition) is 1. The van der Waals surface area contributed by atoms with E-state index in [1.807, 2.05) is 32.9 Å². The second kappa shape index (κ2) is 5.89. The van der Waals surface area contributed by atoms with Crippen molar-refractivity contribution in [1.82, 2.24) is 5.32 Å². The van der Waals surface area contributed by atoms with Crippen molar-refractivity contribution in [3.63, 3.8) is 0 Å². The second-order valence-corrected chi connectivity index (χ2v) is 5.76. The Morgan fingerprint density at radius 2 is 1.78 bits per heavy atom. The SMILES string of the molecule is CCC(C)c1ccc(NC(=O)NC(C)(C)C)cc1. The number of benzene rings is 1. The van der Waals surface area contributed by atoms with Crippen molar-refractivity contribution >= 4 is 11.7 Å². The van der Waals surface area contributed by atoms with Gasteiger partial charge in [-0.2, -0.15) is 0 Å². The molecule has 3 nitrogen and oxygen atoms in total. The van der Waals surface area contributed by atoms with Gasteiger partial charge in [-0.15, -0.1) is 0 Å². The quantitative estimate of drug-likeness (QED) is 0.830. The van der Waals surface area contributed by atoms with E-state index in [9.17, 15) is 4.79 Å². The molecule has 2 N–H and O–H groups in total. The van der Waals surface area contributed by atoms with Crippen molar-refractivity contribution in [2.45, 2.75) is 52.5 Å². The van der Waals surface area contributed by atoms with Crippen molar-refractivity contribution in [3.8, 4) is 0 Å². The van der Waals surface area contributed by atoms with Crippen LogP contribution in [0.15, 0.2) is 24.3 Å². The van der Waals surface area contributed by atoms with Crippen molar-refractivity contribution in [2.24, 2.45) is 0 Å². The monoisotopic (exact) mass is 248 g/mol. The van der Waals surface area contributed by atoms with Gasteiger partial charge in [-0.25, -0.2) is 4.79 Å². The van der Waals surface area contributed by atoms with E-state index in [-0.39, 0.29) is 11.6 Å². The minimum atomic E-state index is -0.221. The lowest BCUT2D eigenvalue weighted by Gasteiger charge is -2.20. The normalized spacial score (nSPS) is 12.9. The van der Waals surface area contributed by atoms with Gasteiger partial charge in [-0.05, 0) is 50.8 Å². The molecule has 3 heteroatoms. The smallest absolute Gasteiger partial charge is 0.319 e. The van der Waals surface area contributed by atoms with E-state index >= 15 is 0 Å². The lowest BCUT2D eigenvalue weighted by Crippen LogP contribution is -2.43. The number of hydrogen-bond donors (Lipinski definition) is 2. The maximum Gasteiger partial charge on any atom is 0.319 e. The van der Waals surface area contributed by atoms with Gasteiger partial charge < -0.3 is 10.6 Å². The van der Waals surface area contributed by atoms with E-state index in [0.717, 1.165) is 12.1 Å². The molecule has 0 aromatic heterocycles. The topological polar surface area (TPSA) is 41.1 Å². The number of carbonyl (C=O) groups is 1. The molecule has 18 heavy (non-hydrogen) atoms. The zero-order valence-corrected chi connectivity index (χ0v) is 12.0. The molecular formula is C15H24N2O. The van der Waals surface area contributed by atoms with Crippen LogP contribution in [0.25, 0.3) is 0 Å². The summed E-state index contributed by atoms with van der Waals surface area (Å²) >= 11 is 0. The molecule has 1 aromatic rings. The molecule has 0 aliphatic heterocycles. The third-order valence-electron chi connectivity index (χ3n) is 2.84. The highest BCUT2D eigenvalue weighted by molar-refractivity contribution is 5.89. The summed E-state index contributed by atoms with van der Waals surface area (Å²) in [6.07, 6.45) is 1.12. The Hall–Kier alpha value is -1.51. The Balaban J connectivity index is 2.61. The predicted octanol–water partition coefficient (Wildman–Crippen LogP) is 4.12. The molecule has 0 heterocycles. The first-order valence-electron chi connectivity index (χ1n) is 6.51. The van der Waals surface area contributed by atoms with E-state index < -0.39 is 0 Å². The highest BCUT2D eigenvalue weighted by atomic mass is 16.2. The minimum absolute atomic E-state index is 0.168. The minimum Gasteiger partial charge on any atom is -0.333 e. The molecule has 1 rings (SSSR count). The summed E-state index contributed by atoms with van der Waals surface area (Å²) in [5.41, 5.74) is 1.91. The molecule has 2 amide bonds. The number of amides is 2. The van der Waals surface area contributed by atoms with Gasteiger partial charge in [0.05, 0.1) is 0 Å². The standard InChI is InChI=1S/C15H24N2O/c1-6-11(2)12-7-9-13(10-8-12)16-14(18)17-15(3,4)5/h7-11H,6H2,1-5H3,(H2,16,17,18). The van der Waals surface area contributed by atoms with Crippen molar-refractivity contribution in [3.05, 3.63) is 29.8 Å². The van der Waals surface area contributed by atoms with Crippen LogP contribution in [0.5, 0.6) is 0 Å². The van der Waals surface area contributed by atoms with Gasteiger partial charge in [0.25, 0.3) is 0 Å². The lowest BCUT2D eigenvalue weighted by atomic mass is 9.99. The van der Waals surface area contributed by atoms with Crippen LogP contribution >= 0.6 is 0 Å². The highest BCUT2D eigenvalue weighted by Gasteiger charge is 2.13. The second-order valence-electron chi connectivity index (χ2n) is 5.76. The molecule has 100 valence electrons. The molecule has 1 aromatic carbocycles. The number of anilines is 1. The van der Waals surface area contributed by atoms with Gasteiger partial charge >= 0.3 is 6.03 Å². The fourth-order valence-electron chi connectivity index (χ4n) is 1.63. The molecule has 0 saturated heterocycles. The van der Waals surface area contributed by atoms with Crippen molar-refractivity contribution < 1.29 is 4.79 Å². The largest absolute Gasteiger partial charge is 0.333 e. The molecule has 0 bridgehead atoms. The first kappa shape index (κ1) is 14.6. The average molecular weight is 248 g/mol. The van der Waals surface area contributed by atoms with Crippen LogP contribution in [0.1, 0.15) is 52.5 Å². The lowest BCUT2D eigenvalue weighted by molar-refractivity contribution is 0.244. The predicted molar refractivity (Wildman–Crippen MR) is 77.1 cm³/mol. The Bertz CT molecular complexity index is 390. The average Bonchev–Trinajstić information content (AvgIpc) is 2.26. The van der Waals surface area contributed by atoms with E-state index in [4.69, 9.17) is 0 Å². The summed E-state index contributed by atoms with van der Waals surface area (Å²) in [5.74, 6) is 0.558. The third-order valence-corrected chi connectivity index (χ3v) is 2.84. The number of carbonyl (C=O) groups excluding carboxylic acids is 1. The molecule has 0 saturated carbocycles. The summed E-state index contributed by atoms with van der Waals surface area (Å²) in [6, 6.07) is 7.87. The van der Waals surface area contributed by atoms with Gasteiger partial charge in [0.1, 0.15) is 0 Å². The number of urea groups is 1. The van der Waals surface area contributed by atoms with Crippen LogP contribution in [-0.2, 0) is 0 Å². The van der Waals surface area contributed by atoms with E-state index in [0.29, 0.717) is 5.92 Å². The van der Waals surface area contributed by atoms with Gasteiger partial charge in [0.2, 0.25) is 0 Å². The van der Waals surface area contributed by atoms with Crippen LogP contribution < -0.4 is 10.6 Å². The van der Waals surface area contributed by atoms with E-state index in [2.05, 4.69) is 36.6 Å². The molecule has 1 unspecified atom stereocenters. The molecule has 1 atom stereocenters. The Morgan fingerprint density at radius 3 is 2.22 bits per heavy atom. The Labute approximate surface area is 110 Å². The molecule has 0 radical (unpaired) electrons. The molecular weight excluding hydrogens is 224 g/mol. The third kappa shape index (κ3) is 4.78. The maximum atomic E-state index is 11.7. The van der Waals surface area contributed by atoms with Crippen LogP contribution in [0.4, 0.5) is 10.5 Å².